The average molecular weight is 421 g/mol. The quantitative estimate of drug-likeness (QED) is 0.165. The van der Waals surface area contributed by atoms with Crippen LogP contribution in [0.2, 0.25) is 0 Å². The summed E-state index contributed by atoms with van der Waals surface area (Å²) in [6.07, 6.45) is 11.5. The van der Waals surface area contributed by atoms with Gasteiger partial charge in [-0.15, -0.1) is 0 Å². The lowest BCUT2D eigenvalue weighted by Crippen LogP contribution is -2.12. The molecule has 0 spiro atoms. The first-order chi connectivity index (χ1) is 13.2. The van der Waals surface area contributed by atoms with E-state index in [2.05, 4.69) is 6.92 Å². The molecule has 28 heavy (non-hydrogen) atoms. The summed E-state index contributed by atoms with van der Waals surface area (Å²) in [5.41, 5.74) is -0.266. The maximum atomic E-state index is 11.5. The number of aliphatic carboxylic acids is 2. The van der Waals surface area contributed by atoms with E-state index in [-0.39, 0.29) is 36.8 Å². The molecule has 164 valence electrons. The van der Waals surface area contributed by atoms with Crippen molar-refractivity contribution >= 4 is 22.1 Å². The van der Waals surface area contributed by atoms with Gasteiger partial charge in [0.25, 0.3) is 10.1 Å². The lowest BCUT2D eigenvalue weighted by atomic mass is 9.97. The van der Waals surface area contributed by atoms with E-state index in [1.807, 2.05) is 0 Å². The number of unbranched alkanes of at least 4 members (excludes halogenated alkanes) is 10. The predicted molar refractivity (Wildman–Crippen MR) is 109 cm³/mol. The lowest BCUT2D eigenvalue weighted by Gasteiger charge is -2.09. The molecule has 0 heterocycles. The van der Waals surface area contributed by atoms with Crippen LogP contribution in [0, 0.1) is 0 Å². The van der Waals surface area contributed by atoms with Gasteiger partial charge in [-0.25, -0.2) is 9.59 Å². The highest BCUT2D eigenvalue weighted by molar-refractivity contribution is 7.85. The van der Waals surface area contributed by atoms with Gasteiger partial charge in [0.2, 0.25) is 0 Å². The molecule has 0 amide bonds. The van der Waals surface area contributed by atoms with Crippen LogP contribution in [0.5, 0.6) is 0 Å². The van der Waals surface area contributed by atoms with Crippen molar-refractivity contribution in [1.29, 1.82) is 0 Å². The first-order valence-electron chi connectivity index (χ1n) is 10.3. The fourth-order valence-electron chi connectivity index (χ4n) is 3.15. The van der Waals surface area contributed by atoms with Crippen molar-refractivity contribution in [2.45, 2.75) is 96.8 Å². The Kier molecular flexibility index (Phi) is 14.7. The molecule has 0 rings (SSSR count). The van der Waals surface area contributed by atoms with E-state index in [0.29, 0.717) is 6.42 Å². The van der Waals surface area contributed by atoms with E-state index in [0.717, 1.165) is 19.3 Å². The van der Waals surface area contributed by atoms with Crippen LogP contribution in [0.4, 0.5) is 0 Å². The predicted octanol–water partition coefficient (Wildman–Crippen LogP) is 4.82. The van der Waals surface area contributed by atoms with Crippen LogP contribution < -0.4 is 0 Å². The molecule has 0 radical (unpaired) electrons. The van der Waals surface area contributed by atoms with Gasteiger partial charge < -0.3 is 10.2 Å². The number of hydrogen-bond donors (Lipinski definition) is 3. The molecule has 7 nitrogen and oxygen atoms in total. The van der Waals surface area contributed by atoms with Crippen molar-refractivity contribution in [2.75, 3.05) is 5.75 Å². The highest BCUT2D eigenvalue weighted by Gasteiger charge is 2.19. The van der Waals surface area contributed by atoms with Crippen LogP contribution in [-0.4, -0.2) is 40.9 Å². The summed E-state index contributed by atoms with van der Waals surface area (Å²) < 4.78 is 30.1. The van der Waals surface area contributed by atoms with Crippen molar-refractivity contribution < 1.29 is 32.8 Å². The Hall–Kier alpha value is -1.41. The molecule has 3 N–H and O–H groups in total. The molecular formula is C20H36O7S. The summed E-state index contributed by atoms with van der Waals surface area (Å²) in [5, 5.41) is 18.7. The number of hydrogen-bond acceptors (Lipinski definition) is 4. The van der Waals surface area contributed by atoms with Gasteiger partial charge in [-0.3, -0.25) is 4.55 Å². The summed E-state index contributed by atoms with van der Waals surface area (Å²) in [5.74, 6) is -2.97. The SMILES string of the molecule is CCCCCCCCCCCCC(C(=O)O)=C(CCCCS(=O)(=O)O)C(=O)O. The second-order valence-electron chi connectivity index (χ2n) is 7.24. The molecule has 0 saturated heterocycles. The van der Waals surface area contributed by atoms with Gasteiger partial charge in [0.15, 0.2) is 0 Å². The van der Waals surface area contributed by atoms with E-state index in [9.17, 15) is 28.2 Å². The summed E-state index contributed by atoms with van der Waals surface area (Å²) in [4.78, 5) is 22.9. The molecule has 8 heteroatoms. The van der Waals surface area contributed by atoms with Crippen molar-refractivity contribution in [3.05, 3.63) is 11.1 Å². The van der Waals surface area contributed by atoms with Crippen LogP contribution in [0.3, 0.4) is 0 Å². The van der Waals surface area contributed by atoms with Gasteiger partial charge in [0.05, 0.1) is 5.75 Å². The fourth-order valence-corrected chi connectivity index (χ4v) is 3.72. The summed E-state index contributed by atoms with van der Waals surface area (Å²) >= 11 is 0. The van der Waals surface area contributed by atoms with E-state index in [4.69, 9.17) is 4.55 Å². The minimum atomic E-state index is -4.09. The molecule has 0 aliphatic heterocycles. The van der Waals surface area contributed by atoms with Crippen LogP contribution in [0.1, 0.15) is 96.8 Å². The van der Waals surface area contributed by atoms with Crippen molar-refractivity contribution in [1.82, 2.24) is 0 Å². The molecule has 0 atom stereocenters. The maximum absolute atomic E-state index is 11.5. The van der Waals surface area contributed by atoms with Gasteiger partial charge in [-0.05, 0) is 32.1 Å². The Morgan fingerprint density at radius 1 is 0.643 bits per heavy atom. The van der Waals surface area contributed by atoms with Gasteiger partial charge in [-0.2, -0.15) is 8.42 Å². The van der Waals surface area contributed by atoms with Crippen molar-refractivity contribution in [2.24, 2.45) is 0 Å². The summed E-state index contributed by atoms with van der Waals surface area (Å²) in [6, 6.07) is 0. The second kappa shape index (κ2) is 15.5. The third-order valence-electron chi connectivity index (χ3n) is 4.74. The van der Waals surface area contributed by atoms with Crippen LogP contribution in [0.25, 0.3) is 0 Å². The Morgan fingerprint density at radius 2 is 1.00 bits per heavy atom. The number of rotatable bonds is 18. The van der Waals surface area contributed by atoms with Gasteiger partial charge in [-0.1, -0.05) is 64.7 Å². The van der Waals surface area contributed by atoms with Gasteiger partial charge >= 0.3 is 11.9 Å². The second-order valence-corrected chi connectivity index (χ2v) is 8.81. The minimum absolute atomic E-state index is 0.0236. The maximum Gasteiger partial charge on any atom is 0.332 e. The average Bonchev–Trinajstić information content (AvgIpc) is 2.59. The van der Waals surface area contributed by atoms with Crippen LogP contribution in [-0.2, 0) is 19.7 Å². The lowest BCUT2D eigenvalue weighted by molar-refractivity contribution is -0.136. The molecule has 0 unspecified atom stereocenters. The number of carboxylic acids is 2. The Labute approximate surface area is 169 Å². The Morgan fingerprint density at radius 3 is 1.36 bits per heavy atom. The molecule has 0 fully saturated rings. The molecular weight excluding hydrogens is 384 g/mol. The number of carbonyl (C=O) groups is 2. The zero-order valence-corrected chi connectivity index (χ0v) is 17.8. The third kappa shape index (κ3) is 14.6. The smallest absolute Gasteiger partial charge is 0.332 e. The molecule has 0 aromatic carbocycles. The fraction of sp³-hybridized carbons (Fsp3) is 0.800. The van der Waals surface area contributed by atoms with Gasteiger partial charge in [0, 0.05) is 11.1 Å². The van der Waals surface area contributed by atoms with E-state index in [1.165, 1.54) is 38.5 Å². The third-order valence-corrected chi connectivity index (χ3v) is 5.54. The number of carboxylic acid groups (broad SMARTS) is 2. The summed E-state index contributed by atoms with van der Waals surface area (Å²) in [7, 11) is -4.09. The molecule has 0 bridgehead atoms. The van der Waals surface area contributed by atoms with Crippen molar-refractivity contribution in [3.8, 4) is 0 Å². The topological polar surface area (TPSA) is 129 Å². The van der Waals surface area contributed by atoms with E-state index < -0.39 is 27.8 Å². The Bertz CT molecular complexity index is 594. The largest absolute Gasteiger partial charge is 0.478 e. The zero-order valence-electron chi connectivity index (χ0n) is 17.0. The van der Waals surface area contributed by atoms with Crippen LogP contribution >= 0.6 is 0 Å². The standard InChI is InChI=1S/C20H36O7S/c1-2-3-4-5-6-7-8-9-10-11-14-17(19(21)22)18(20(23)24)15-12-13-16-28(25,26)27/h2-16H2,1H3,(H,21,22)(H,23,24)(H,25,26,27). The van der Waals surface area contributed by atoms with Gasteiger partial charge in [0.1, 0.15) is 0 Å². The highest BCUT2D eigenvalue weighted by Crippen LogP contribution is 2.20. The highest BCUT2D eigenvalue weighted by atomic mass is 32.2. The van der Waals surface area contributed by atoms with E-state index in [1.54, 1.807) is 0 Å². The molecule has 0 aromatic heterocycles. The van der Waals surface area contributed by atoms with E-state index >= 15 is 0 Å². The molecule has 0 aromatic rings. The van der Waals surface area contributed by atoms with Crippen molar-refractivity contribution in [3.63, 3.8) is 0 Å². The first kappa shape index (κ1) is 26.6. The minimum Gasteiger partial charge on any atom is -0.478 e. The monoisotopic (exact) mass is 420 g/mol. The normalized spacial score (nSPS) is 12.6. The molecule has 0 saturated carbocycles. The molecule has 0 aliphatic rings. The van der Waals surface area contributed by atoms with Crippen LogP contribution in [0.15, 0.2) is 11.1 Å². The first-order valence-corrected chi connectivity index (χ1v) is 11.9. The zero-order chi connectivity index (χ0) is 21.4. The summed E-state index contributed by atoms with van der Waals surface area (Å²) in [6.45, 7) is 2.19. The Balaban J connectivity index is 4.34. The molecule has 0 aliphatic carbocycles.